The minimum atomic E-state index is 0.176. The smallest absolute Gasteiger partial charge is 0.0991 e. The average molecular weight is 272 g/mol. The molecule has 1 aromatic rings. The molecule has 1 aliphatic heterocycles. The quantitative estimate of drug-likeness (QED) is 0.814. The van der Waals surface area contributed by atoms with E-state index in [-0.39, 0.29) is 6.04 Å². The van der Waals surface area contributed by atoms with Gasteiger partial charge in [0.15, 0.2) is 0 Å². The number of nitrogens with one attached hydrogen (secondary N) is 1. The van der Waals surface area contributed by atoms with Gasteiger partial charge in [-0.15, -0.1) is 0 Å². The summed E-state index contributed by atoms with van der Waals surface area (Å²) in [5.74, 6) is 0. The first-order valence-electron chi connectivity index (χ1n) is 7.34. The molecule has 1 aliphatic rings. The Morgan fingerprint density at radius 3 is 2.80 bits per heavy atom. The van der Waals surface area contributed by atoms with E-state index in [1.165, 1.54) is 18.5 Å². The predicted octanol–water partition coefficient (Wildman–Crippen LogP) is 1.11. The topological polar surface area (TPSA) is 65.1 Å². The summed E-state index contributed by atoms with van der Waals surface area (Å²) in [4.78, 5) is 2.36. The summed E-state index contributed by atoms with van der Waals surface area (Å²) in [5.41, 5.74) is 8.08. The van der Waals surface area contributed by atoms with Crippen LogP contribution in [0.4, 0.5) is 0 Å². The first-order chi connectivity index (χ1) is 9.67. The lowest BCUT2D eigenvalue weighted by Crippen LogP contribution is -2.35. The highest BCUT2D eigenvalue weighted by Gasteiger charge is 2.18. The number of likely N-dealkylation sites (tertiary alicyclic amines) is 1. The third-order valence-electron chi connectivity index (χ3n) is 3.92. The largest absolute Gasteiger partial charge is 0.327 e. The van der Waals surface area contributed by atoms with E-state index in [1.54, 1.807) is 0 Å². The van der Waals surface area contributed by atoms with E-state index in [9.17, 15) is 0 Å². The second-order valence-corrected chi connectivity index (χ2v) is 5.76. The van der Waals surface area contributed by atoms with Crippen LogP contribution in [-0.4, -0.2) is 43.7 Å². The van der Waals surface area contributed by atoms with Crippen molar-refractivity contribution in [3.8, 4) is 6.07 Å². The van der Waals surface area contributed by atoms with Crippen molar-refractivity contribution in [2.45, 2.75) is 31.3 Å². The second kappa shape index (κ2) is 7.39. The number of hydrogen-bond acceptors (Lipinski definition) is 4. The van der Waals surface area contributed by atoms with Crippen LogP contribution in [0.2, 0.25) is 0 Å². The van der Waals surface area contributed by atoms with Gasteiger partial charge in [0.25, 0.3) is 0 Å². The lowest BCUT2D eigenvalue weighted by molar-refractivity contribution is 0.395. The maximum Gasteiger partial charge on any atom is 0.0991 e. The molecule has 0 amide bonds. The van der Waals surface area contributed by atoms with E-state index < -0.39 is 0 Å². The lowest BCUT2D eigenvalue weighted by Gasteiger charge is -2.16. The van der Waals surface area contributed by atoms with Crippen molar-refractivity contribution in [1.29, 1.82) is 5.26 Å². The van der Waals surface area contributed by atoms with Crippen LogP contribution in [0.5, 0.6) is 0 Å². The molecular weight excluding hydrogens is 248 g/mol. The van der Waals surface area contributed by atoms with Gasteiger partial charge in [0.1, 0.15) is 0 Å². The first kappa shape index (κ1) is 15.0. The van der Waals surface area contributed by atoms with Gasteiger partial charge in [0.2, 0.25) is 0 Å². The van der Waals surface area contributed by atoms with Crippen molar-refractivity contribution in [1.82, 2.24) is 10.2 Å². The van der Waals surface area contributed by atoms with Crippen LogP contribution in [0.25, 0.3) is 0 Å². The van der Waals surface area contributed by atoms with Gasteiger partial charge < -0.3 is 16.0 Å². The van der Waals surface area contributed by atoms with Gasteiger partial charge in [-0.3, -0.25) is 0 Å². The number of nitrogens with two attached hydrogens (primary N) is 1. The van der Waals surface area contributed by atoms with Crippen LogP contribution in [0.3, 0.4) is 0 Å². The fourth-order valence-electron chi connectivity index (χ4n) is 2.69. The molecule has 2 atom stereocenters. The molecule has 108 valence electrons. The summed E-state index contributed by atoms with van der Waals surface area (Å²) in [6, 6.07) is 10.6. The van der Waals surface area contributed by atoms with Gasteiger partial charge in [0.05, 0.1) is 11.6 Å². The summed E-state index contributed by atoms with van der Waals surface area (Å²) in [5, 5.41) is 12.3. The Bertz CT molecular complexity index is 449. The molecule has 0 bridgehead atoms. The first-order valence-corrected chi connectivity index (χ1v) is 7.34. The van der Waals surface area contributed by atoms with E-state index in [0.29, 0.717) is 11.6 Å². The van der Waals surface area contributed by atoms with Gasteiger partial charge in [-0.05, 0) is 57.1 Å². The van der Waals surface area contributed by atoms with Crippen molar-refractivity contribution in [2.24, 2.45) is 5.73 Å². The summed E-state index contributed by atoms with van der Waals surface area (Å²) in [6.07, 6.45) is 3.10. The highest BCUT2D eigenvalue weighted by atomic mass is 15.2. The molecule has 0 saturated carbocycles. The molecule has 4 nitrogen and oxygen atoms in total. The van der Waals surface area contributed by atoms with Gasteiger partial charge >= 0.3 is 0 Å². The molecule has 1 unspecified atom stereocenters. The van der Waals surface area contributed by atoms with Crippen molar-refractivity contribution in [2.75, 3.05) is 26.7 Å². The van der Waals surface area contributed by atoms with Crippen LogP contribution < -0.4 is 11.1 Å². The molecule has 1 heterocycles. The third kappa shape index (κ3) is 4.61. The number of nitrogens with zero attached hydrogens (tertiary/aromatic N) is 2. The Morgan fingerprint density at radius 1 is 1.45 bits per heavy atom. The van der Waals surface area contributed by atoms with Crippen molar-refractivity contribution in [3.05, 3.63) is 35.4 Å². The standard InChI is InChI=1S/C16H24N4/c1-20-9-7-16(12-20)19-8-6-15(18)10-13-2-4-14(11-17)5-3-13/h2-5,15-16,19H,6-10,12,18H2,1H3/t15-,16?/m0/s1. The van der Waals surface area contributed by atoms with E-state index >= 15 is 0 Å². The number of likely N-dealkylation sites (N-methyl/N-ethyl adjacent to an activating group) is 1. The summed E-state index contributed by atoms with van der Waals surface area (Å²) in [7, 11) is 2.16. The molecule has 0 aromatic heterocycles. The number of nitriles is 1. The molecule has 4 heteroatoms. The Kier molecular flexibility index (Phi) is 5.54. The lowest BCUT2D eigenvalue weighted by atomic mass is 10.0. The zero-order valence-corrected chi connectivity index (χ0v) is 12.2. The molecule has 0 spiro atoms. The van der Waals surface area contributed by atoms with Gasteiger partial charge in [0, 0.05) is 18.6 Å². The van der Waals surface area contributed by atoms with Crippen LogP contribution in [0.15, 0.2) is 24.3 Å². The summed E-state index contributed by atoms with van der Waals surface area (Å²) < 4.78 is 0. The minimum absolute atomic E-state index is 0.176. The fraction of sp³-hybridized carbons (Fsp3) is 0.562. The van der Waals surface area contributed by atoms with Crippen LogP contribution >= 0.6 is 0 Å². The molecule has 1 aromatic carbocycles. The van der Waals surface area contributed by atoms with Crippen molar-refractivity contribution < 1.29 is 0 Å². The molecule has 20 heavy (non-hydrogen) atoms. The van der Waals surface area contributed by atoms with E-state index in [0.717, 1.165) is 25.9 Å². The fourth-order valence-corrected chi connectivity index (χ4v) is 2.69. The van der Waals surface area contributed by atoms with E-state index in [2.05, 4.69) is 23.3 Å². The van der Waals surface area contributed by atoms with Crippen LogP contribution in [0.1, 0.15) is 24.0 Å². The Labute approximate surface area is 121 Å². The zero-order valence-electron chi connectivity index (χ0n) is 12.2. The van der Waals surface area contributed by atoms with Crippen molar-refractivity contribution in [3.63, 3.8) is 0 Å². The van der Waals surface area contributed by atoms with Gasteiger partial charge in [-0.25, -0.2) is 0 Å². The SMILES string of the molecule is CN1CCC(NCC[C@H](N)Cc2ccc(C#N)cc2)C1. The molecule has 1 saturated heterocycles. The number of rotatable bonds is 6. The van der Waals surface area contributed by atoms with E-state index in [1.807, 2.05) is 24.3 Å². The van der Waals surface area contributed by atoms with Crippen LogP contribution in [0, 0.1) is 11.3 Å². The molecule has 0 radical (unpaired) electrons. The van der Waals surface area contributed by atoms with Gasteiger partial charge in [-0.1, -0.05) is 12.1 Å². The predicted molar refractivity (Wildman–Crippen MR) is 81.4 cm³/mol. The monoisotopic (exact) mass is 272 g/mol. The Morgan fingerprint density at radius 2 is 2.20 bits per heavy atom. The highest BCUT2D eigenvalue weighted by molar-refractivity contribution is 5.31. The van der Waals surface area contributed by atoms with Crippen LogP contribution in [-0.2, 0) is 6.42 Å². The highest BCUT2D eigenvalue weighted by Crippen LogP contribution is 2.08. The van der Waals surface area contributed by atoms with Crippen molar-refractivity contribution >= 4 is 0 Å². The van der Waals surface area contributed by atoms with E-state index in [4.69, 9.17) is 11.0 Å². The zero-order chi connectivity index (χ0) is 14.4. The molecule has 1 fully saturated rings. The third-order valence-corrected chi connectivity index (χ3v) is 3.92. The molecule has 2 rings (SSSR count). The Hall–Kier alpha value is -1.41. The molecule has 0 aliphatic carbocycles. The normalized spacial score (nSPS) is 20.8. The number of benzene rings is 1. The number of hydrogen-bond donors (Lipinski definition) is 2. The summed E-state index contributed by atoms with van der Waals surface area (Å²) in [6.45, 7) is 3.32. The molecular formula is C16H24N4. The molecule has 3 N–H and O–H groups in total. The second-order valence-electron chi connectivity index (χ2n) is 5.76. The minimum Gasteiger partial charge on any atom is -0.327 e. The van der Waals surface area contributed by atoms with Gasteiger partial charge in [-0.2, -0.15) is 5.26 Å². The average Bonchev–Trinajstić information content (AvgIpc) is 2.85. The maximum atomic E-state index is 8.76. The Balaban J connectivity index is 1.67. The summed E-state index contributed by atoms with van der Waals surface area (Å²) >= 11 is 0. The maximum absolute atomic E-state index is 8.76.